The summed E-state index contributed by atoms with van der Waals surface area (Å²) in [6.45, 7) is 1.52. The third-order valence-electron chi connectivity index (χ3n) is 2.90. The average Bonchev–Trinajstić information content (AvgIpc) is 2.86. The van der Waals surface area contributed by atoms with E-state index in [1.165, 1.54) is 6.92 Å². The van der Waals surface area contributed by atoms with Crippen molar-refractivity contribution in [3.63, 3.8) is 0 Å². The Morgan fingerprint density at radius 2 is 1.91 bits per heavy atom. The Kier molecular flexibility index (Phi) is 3.78. The lowest BCUT2D eigenvalue weighted by Crippen LogP contribution is -2.10. The molecule has 0 radical (unpaired) electrons. The number of para-hydroxylation sites is 2. The van der Waals surface area contributed by atoms with Crippen molar-refractivity contribution in [1.29, 1.82) is 0 Å². The first-order chi connectivity index (χ1) is 10.4. The van der Waals surface area contributed by atoms with Gasteiger partial charge in [-0.1, -0.05) is 23.9 Å². The van der Waals surface area contributed by atoms with Gasteiger partial charge in [-0.3, -0.25) is 0 Å². The van der Waals surface area contributed by atoms with E-state index in [-0.39, 0.29) is 10.9 Å². The number of hydrogen-bond donors (Lipinski definition) is 1. The standard InChI is InChI=1S/C14H11F3N4S/c1-8-6-11(14(15,16)17)21-13(18-8)22-7-12-19-9-4-2-3-5-10(9)20-12/h2-6H,7H2,1H3,(H,19,20). The number of alkyl halides is 3. The summed E-state index contributed by atoms with van der Waals surface area (Å²) in [6, 6.07) is 8.45. The van der Waals surface area contributed by atoms with E-state index in [2.05, 4.69) is 19.9 Å². The van der Waals surface area contributed by atoms with Crippen LogP contribution in [0.2, 0.25) is 0 Å². The zero-order valence-electron chi connectivity index (χ0n) is 11.5. The largest absolute Gasteiger partial charge is 0.433 e. The third kappa shape index (κ3) is 3.22. The van der Waals surface area contributed by atoms with E-state index in [9.17, 15) is 13.2 Å². The molecule has 8 heteroatoms. The Hall–Kier alpha value is -2.09. The first-order valence-electron chi connectivity index (χ1n) is 6.41. The highest BCUT2D eigenvalue weighted by molar-refractivity contribution is 7.98. The maximum absolute atomic E-state index is 12.7. The van der Waals surface area contributed by atoms with Crippen molar-refractivity contribution in [2.24, 2.45) is 0 Å². The molecule has 0 aliphatic carbocycles. The summed E-state index contributed by atoms with van der Waals surface area (Å²) in [4.78, 5) is 15.1. The Morgan fingerprint density at radius 1 is 1.14 bits per heavy atom. The molecular formula is C14H11F3N4S. The van der Waals surface area contributed by atoms with Gasteiger partial charge < -0.3 is 4.98 Å². The second-order valence-electron chi connectivity index (χ2n) is 4.66. The van der Waals surface area contributed by atoms with Crippen molar-refractivity contribution in [3.05, 3.63) is 47.5 Å². The number of imidazole rings is 1. The fourth-order valence-electron chi connectivity index (χ4n) is 1.96. The van der Waals surface area contributed by atoms with Gasteiger partial charge in [-0.15, -0.1) is 0 Å². The number of aromatic amines is 1. The van der Waals surface area contributed by atoms with Crippen molar-refractivity contribution >= 4 is 22.8 Å². The van der Waals surface area contributed by atoms with Crippen LogP contribution in [0.5, 0.6) is 0 Å². The lowest BCUT2D eigenvalue weighted by molar-refractivity contribution is -0.141. The molecule has 4 nitrogen and oxygen atoms in total. The van der Waals surface area contributed by atoms with Crippen LogP contribution in [0.4, 0.5) is 13.2 Å². The number of halogens is 3. The molecule has 1 N–H and O–H groups in total. The minimum absolute atomic E-state index is 0.0905. The molecule has 0 fully saturated rings. The molecular weight excluding hydrogens is 313 g/mol. The van der Waals surface area contributed by atoms with Gasteiger partial charge in [0, 0.05) is 5.69 Å². The summed E-state index contributed by atoms with van der Waals surface area (Å²) in [5.41, 5.74) is 1.07. The van der Waals surface area contributed by atoms with Gasteiger partial charge in [-0.2, -0.15) is 13.2 Å². The number of fused-ring (bicyclic) bond motifs is 1. The second-order valence-corrected chi connectivity index (χ2v) is 5.61. The zero-order valence-corrected chi connectivity index (χ0v) is 12.3. The molecule has 3 aromatic rings. The zero-order chi connectivity index (χ0) is 15.7. The molecule has 0 amide bonds. The summed E-state index contributed by atoms with van der Waals surface area (Å²) in [6.07, 6.45) is -4.47. The van der Waals surface area contributed by atoms with Gasteiger partial charge in [0.05, 0.1) is 16.8 Å². The average molecular weight is 324 g/mol. The molecule has 0 aliphatic rings. The Bertz CT molecular complexity index is 780. The molecule has 114 valence electrons. The fraction of sp³-hybridized carbons (Fsp3) is 0.214. The first kappa shape index (κ1) is 14.8. The van der Waals surface area contributed by atoms with E-state index < -0.39 is 11.9 Å². The molecule has 2 heterocycles. The number of nitrogens with one attached hydrogen (secondary N) is 1. The molecule has 0 aliphatic heterocycles. The van der Waals surface area contributed by atoms with Crippen LogP contribution < -0.4 is 0 Å². The minimum atomic E-state index is -4.47. The van der Waals surface area contributed by atoms with Gasteiger partial charge in [0.1, 0.15) is 11.5 Å². The smallest absolute Gasteiger partial charge is 0.341 e. The van der Waals surface area contributed by atoms with Crippen LogP contribution in [0.25, 0.3) is 11.0 Å². The van der Waals surface area contributed by atoms with Gasteiger partial charge in [0.25, 0.3) is 0 Å². The molecule has 3 rings (SSSR count). The monoisotopic (exact) mass is 324 g/mol. The fourth-order valence-corrected chi connectivity index (χ4v) is 2.73. The second kappa shape index (κ2) is 5.60. The maximum atomic E-state index is 12.7. The van der Waals surface area contributed by atoms with Crippen LogP contribution >= 0.6 is 11.8 Å². The molecule has 1 aromatic carbocycles. The van der Waals surface area contributed by atoms with Crippen LogP contribution in [-0.4, -0.2) is 19.9 Å². The number of benzene rings is 1. The number of hydrogen-bond acceptors (Lipinski definition) is 4. The molecule has 0 bridgehead atoms. The van der Waals surface area contributed by atoms with Gasteiger partial charge in [-0.05, 0) is 25.1 Å². The van der Waals surface area contributed by atoms with Gasteiger partial charge in [0.15, 0.2) is 5.16 Å². The Morgan fingerprint density at radius 3 is 2.64 bits per heavy atom. The van der Waals surface area contributed by atoms with Crippen molar-refractivity contribution in [2.75, 3.05) is 0 Å². The van der Waals surface area contributed by atoms with Crippen molar-refractivity contribution < 1.29 is 13.2 Å². The lowest BCUT2D eigenvalue weighted by Gasteiger charge is -2.08. The van der Waals surface area contributed by atoms with E-state index in [4.69, 9.17) is 0 Å². The van der Waals surface area contributed by atoms with Crippen LogP contribution in [0.1, 0.15) is 17.2 Å². The molecule has 22 heavy (non-hydrogen) atoms. The number of H-pyrrole nitrogens is 1. The van der Waals surface area contributed by atoms with Gasteiger partial charge in [0.2, 0.25) is 0 Å². The summed E-state index contributed by atoms with van der Waals surface area (Å²) >= 11 is 1.12. The summed E-state index contributed by atoms with van der Waals surface area (Å²) in [7, 11) is 0. The quantitative estimate of drug-likeness (QED) is 0.585. The molecule has 0 saturated heterocycles. The molecule has 0 atom stereocenters. The summed E-state index contributed by atoms with van der Waals surface area (Å²) < 4.78 is 38.2. The van der Waals surface area contributed by atoms with E-state index in [1.54, 1.807) is 0 Å². The molecule has 0 unspecified atom stereocenters. The summed E-state index contributed by atoms with van der Waals surface area (Å²) in [5.74, 6) is 1.04. The van der Waals surface area contributed by atoms with E-state index >= 15 is 0 Å². The van der Waals surface area contributed by atoms with E-state index in [0.29, 0.717) is 11.6 Å². The van der Waals surface area contributed by atoms with E-state index in [0.717, 1.165) is 28.9 Å². The maximum Gasteiger partial charge on any atom is 0.433 e. The highest BCUT2D eigenvalue weighted by Crippen LogP contribution is 2.30. The first-order valence-corrected chi connectivity index (χ1v) is 7.40. The third-order valence-corrected chi connectivity index (χ3v) is 3.76. The number of aromatic nitrogens is 4. The predicted octanol–water partition coefficient (Wildman–Crippen LogP) is 3.97. The minimum Gasteiger partial charge on any atom is -0.341 e. The van der Waals surface area contributed by atoms with Crippen LogP contribution in [0, 0.1) is 6.92 Å². The van der Waals surface area contributed by atoms with Crippen molar-refractivity contribution in [2.45, 2.75) is 24.0 Å². The molecule has 0 saturated carbocycles. The molecule has 0 spiro atoms. The number of nitrogens with zero attached hydrogens (tertiary/aromatic N) is 3. The highest BCUT2D eigenvalue weighted by atomic mass is 32.2. The normalized spacial score (nSPS) is 12.0. The van der Waals surface area contributed by atoms with Crippen LogP contribution in [0.15, 0.2) is 35.5 Å². The highest BCUT2D eigenvalue weighted by Gasteiger charge is 2.33. The number of rotatable bonds is 3. The van der Waals surface area contributed by atoms with Crippen molar-refractivity contribution in [1.82, 2.24) is 19.9 Å². The van der Waals surface area contributed by atoms with Crippen LogP contribution in [0.3, 0.4) is 0 Å². The van der Waals surface area contributed by atoms with Crippen LogP contribution in [-0.2, 0) is 11.9 Å². The number of aryl methyl sites for hydroxylation is 1. The Labute approximate surface area is 128 Å². The lowest BCUT2D eigenvalue weighted by atomic mass is 10.3. The predicted molar refractivity (Wildman–Crippen MR) is 77.4 cm³/mol. The SMILES string of the molecule is Cc1cc(C(F)(F)F)nc(SCc2nc3ccccc3[nH]2)n1. The Balaban J connectivity index is 1.80. The van der Waals surface area contributed by atoms with Crippen molar-refractivity contribution in [3.8, 4) is 0 Å². The number of thioether (sulfide) groups is 1. The summed E-state index contributed by atoms with van der Waals surface area (Å²) in [5, 5.41) is 0.0905. The van der Waals surface area contributed by atoms with Gasteiger partial charge >= 0.3 is 6.18 Å². The van der Waals surface area contributed by atoms with E-state index in [1.807, 2.05) is 24.3 Å². The van der Waals surface area contributed by atoms with Gasteiger partial charge in [-0.25, -0.2) is 15.0 Å². The topological polar surface area (TPSA) is 54.5 Å². The molecule has 2 aromatic heterocycles.